The van der Waals surface area contributed by atoms with E-state index >= 15 is 0 Å². The molecule has 0 aromatic carbocycles. The molecular weight excluding hydrogens is 365 g/mol. The molecule has 0 amide bonds. The van der Waals surface area contributed by atoms with Crippen LogP contribution in [0.1, 0.15) is 20.8 Å². The van der Waals surface area contributed by atoms with E-state index in [1.807, 2.05) is 20.8 Å². The molecule has 0 radical (unpaired) electrons. The lowest BCUT2D eigenvalue weighted by Crippen LogP contribution is -2.25. The number of thiophene rings is 1. The predicted octanol–water partition coefficient (Wildman–Crippen LogP) is 4.00. The minimum Gasteiger partial charge on any atom is -0.291 e. The van der Waals surface area contributed by atoms with Gasteiger partial charge in [0, 0.05) is 16.2 Å². The first-order valence-corrected chi connectivity index (χ1v) is 9.26. The van der Waals surface area contributed by atoms with Crippen LogP contribution in [-0.2, 0) is 14.6 Å². The molecule has 110 valence electrons. The topological polar surface area (TPSA) is 64.8 Å². The maximum absolute atomic E-state index is 11.6. The molecule has 2 rings (SSSR count). The maximum Gasteiger partial charge on any atom is 0.296 e. The Morgan fingerprint density at radius 1 is 1.25 bits per heavy atom. The third-order valence-corrected chi connectivity index (χ3v) is 5.02. The van der Waals surface area contributed by atoms with Gasteiger partial charge in [-0.05, 0) is 26.8 Å². The van der Waals surface area contributed by atoms with Gasteiger partial charge in [-0.15, -0.1) is 21.5 Å². The SMILES string of the molecule is CC(C)(C)n1c(-c2cc(Cl)sc2Cl)nnc1S(=O)(=O)Cl. The van der Waals surface area contributed by atoms with E-state index in [-0.39, 0.29) is 5.16 Å². The highest BCUT2D eigenvalue weighted by atomic mass is 35.7. The van der Waals surface area contributed by atoms with E-state index < -0.39 is 14.6 Å². The van der Waals surface area contributed by atoms with E-state index in [1.54, 1.807) is 6.07 Å². The van der Waals surface area contributed by atoms with E-state index in [1.165, 1.54) is 15.9 Å². The van der Waals surface area contributed by atoms with Crippen LogP contribution in [0.3, 0.4) is 0 Å². The van der Waals surface area contributed by atoms with Gasteiger partial charge in [0.1, 0.15) is 4.34 Å². The highest BCUT2D eigenvalue weighted by molar-refractivity contribution is 8.13. The zero-order chi connectivity index (χ0) is 15.3. The van der Waals surface area contributed by atoms with Crippen LogP contribution in [0.4, 0.5) is 0 Å². The summed E-state index contributed by atoms with van der Waals surface area (Å²) in [6.45, 7) is 5.44. The maximum atomic E-state index is 11.6. The Balaban J connectivity index is 2.80. The van der Waals surface area contributed by atoms with Crippen LogP contribution in [0.5, 0.6) is 0 Å². The lowest BCUT2D eigenvalue weighted by atomic mass is 10.1. The number of halogens is 3. The van der Waals surface area contributed by atoms with E-state index in [0.717, 1.165) is 0 Å². The molecule has 0 aliphatic rings. The summed E-state index contributed by atoms with van der Waals surface area (Å²) in [6, 6.07) is 1.62. The largest absolute Gasteiger partial charge is 0.296 e. The summed E-state index contributed by atoms with van der Waals surface area (Å²) in [5.41, 5.74) is -0.0795. The molecule has 0 unspecified atom stereocenters. The molecule has 0 aliphatic carbocycles. The van der Waals surface area contributed by atoms with Crippen molar-refractivity contribution in [2.75, 3.05) is 0 Å². The average molecular weight is 375 g/mol. The second kappa shape index (κ2) is 5.14. The van der Waals surface area contributed by atoms with E-state index in [4.69, 9.17) is 33.9 Å². The second-order valence-corrected chi connectivity index (χ2v) is 9.73. The lowest BCUT2D eigenvalue weighted by Gasteiger charge is -2.23. The molecule has 0 atom stereocenters. The lowest BCUT2D eigenvalue weighted by molar-refractivity contribution is 0.367. The first-order chi connectivity index (χ1) is 9.01. The fraction of sp³-hybridized carbons (Fsp3) is 0.400. The van der Waals surface area contributed by atoms with Gasteiger partial charge >= 0.3 is 0 Å². The molecule has 0 bridgehead atoms. The Kier molecular flexibility index (Phi) is 4.12. The smallest absolute Gasteiger partial charge is 0.291 e. The van der Waals surface area contributed by atoms with Gasteiger partial charge in [0.05, 0.1) is 9.90 Å². The molecule has 0 fully saturated rings. The van der Waals surface area contributed by atoms with E-state index in [9.17, 15) is 8.42 Å². The number of rotatable bonds is 2. The van der Waals surface area contributed by atoms with Gasteiger partial charge in [-0.25, -0.2) is 8.42 Å². The van der Waals surface area contributed by atoms with Gasteiger partial charge in [-0.2, -0.15) is 0 Å². The molecule has 2 aromatic rings. The average Bonchev–Trinajstić information content (AvgIpc) is 2.79. The Hall–Kier alpha value is -0.340. The highest BCUT2D eigenvalue weighted by Gasteiger charge is 2.31. The summed E-state index contributed by atoms with van der Waals surface area (Å²) in [4.78, 5) is 0. The molecule has 0 spiro atoms. The van der Waals surface area contributed by atoms with E-state index in [2.05, 4.69) is 10.2 Å². The van der Waals surface area contributed by atoms with Gasteiger partial charge in [0.15, 0.2) is 5.82 Å². The molecule has 2 heterocycles. The minimum atomic E-state index is -4.02. The first-order valence-electron chi connectivity index (χ1n) is 5.37. The molecule has 0 N–H and O–H groups in total. The normalized spacial score (nSPS) is 12.9. The van der Waals surface area contributed by atoms with Gasteiger partial charge < -0.3 is 0 Å². The van der Waals surface area contributed by atoms with Gasteiger partial charge in [0.2, 0.25) is 0 Å². The van der Waals surface area contributed by atoms with Gasteiger partial charge in [-0.3, -0.25) is 4.57 Å². The van der Waals surface area contributed by atoms with Crippen molar-refractivity contribution in [3.63, 3.8) is 0 Å². The summed E-state index contributed by atoms with van der Waals surface area (Å²) in [5, 5.41) is 7.26. The van der Waals surface area contributed by atoms with Crippen molar-refractivity contribution in [3.8, 4) is 11.4 Å². The molecule has 5 nitrogen and oxygen atoms in total. The molecular formula is C10H10Cl3N3O2S2. The van der Waals surface area contributed by atoms with Crippen molar-refractivity contribution in [1.29, 1.82) is 0 Å². The molecule has 0 aliphatic heterocycles. The second-order valence-electron chi connectivity index (χ2n) is 4.99. The van der Waals surface area contributed by atoms with Crippen LogP contribution in [0.2, 0.25) is 8.67 Å². The number of aromatic nitrogens is 3. The van der Waals surface area contributed by atoms with Crippen molar-refractivity contribution in [2.45, 2.75) is 31.5 Å². The zero-order valence-electron chi connectivity index (χ0n) is 10.7. The third-order valence-electron chi connectivity index (χ3n) is 2.42. The molecule has 2 aromatic heterocycles. The van der Waals surface area contributed by atoms with E-state index in [0.29, 0.717) is 20.1 Å². The standard InChI is InChI=1S/C10H10Cl3N3O2S2/c1-10(2,3)16-8(5-4-6(11)19-7(5)12)14-15-9(16)20(13,17)18/h4H,1-3H3. The monoisotopic (exact) mass is 373 g/mol. The Labute approximate surface area is 134 Å². The molecule has 0 saturated carbocycles. The van der Waals surface area contributed by atoms with Crippen LogP contribution in [-0.4, -0.2) is 23.2 Å². The minimum absolute atomic E-state index is 0.310. The van der Waals surface area contributed by atoms with Crippen molar-refractivity contribution in [2.24, 2.45) is 0 Å². The van der Waals surface area contributed by atoms with Crippen LogP contribution >= 0.6 is 45.2 Å². The Morgan fingerprint density at radius 3 is 2.25 bits per heavy atom. The van der Waals surface area contributed by atoms with Crippen LogP contribution in [0, 0.1) is 0 Å². The fourth-order valence-corrected chi connectivity index (χ4v) is 4.17. The van der Waals surface area contributed by atoms with Gasteiger partial charge in [0.25, 0.3) is 14.2 Å². The van der Waals surface area contributed by atoms with Crippen LogP contribution < -0.4 is 0 Å². The number of hydrogen-bond acceptors (Lipinski definition) is 5. The number of hydrogen-bond donors (Lipinski definition) is 0. The quantitative estimate of drug-likeness (QED) is 0.745. The van der Waals surface area contributed by atoms with Crippen LogP contribution in [0.15, 0.2) is 11.2 Å². The molecule has 20 heavy (non-hydrogen) atoms. The molecule has 10 heteroatoms. The summed E-state index contributed by atoms with van der Waals surface area (Å²) < 4.78 is 25.6. The summed E-state index contributed by atoms with van der Waals surface area (Å²) in [5.74, 6) is 0.310. The Bertz CT molecular complexity index is 759. The first kappa shape index (κ1) is 16.0. The summed E-state index contributed by atoms with van der Waals surface area (Å²) >= 11 is 13.2. The third kappa shape index (κ3) is 2.96. The Morgan fingerprint density at radius 2 is 1.85 bits per heavy atom. The summed E-state index contributed by atoms with van der Waals surface area (Å²) in [6.07, 6.45) is 0. The van der Waals surface area contributed by atoms with Crippen LogP contribution in [0.25, 0.3) is 11.4 Å². The van der Waals surface area contributed by atoms with Crippen molar-refractivity contribution in [1.82, 2.24) is 14.8 Å². The van der Waals surface area contributed by atoms with Crippen molar-refractivity contribution >= 4 is 54.3 Å². The number of nitrogens with zero attached hydrogens (tertiary/aromatic N) is 3. The highest BCUT2D eigenvalue weighted by Crippen LogP contribution is 2.39. The van der Waals surface area contributed by atoms with Gasteiger partial charge in [-0.1, -0.05) is 23.2 Å². The molecule has 0 saturated heterocycles. The fourth-order valence-electron chi connectivity index (χ4n) is 1.70. The predicted molar refractivity (Wildman–Crippen MR) is 81.4 cm³/mol. The van der Waals surface area contributed by atoms with Crippen molar-refractivity contribution < 1.29 is 8.42 Å². The van der Waals surface area contributed by atoms with Crippen molar-refractivity contribution in [3.05, 3.63) is 14.7 Å². The zero-order valence-corrected chi connectivity index (χ0v) is 14.6. The summed E-state index contributed by atoms with van der Waals surface area (Å²) in [7, 11) is 1.39.